The molecule has 2 unspecified atom stereocenters. The maximum atomic E-state index is 2.79. The fourth-order valence-electron chi connectivity index (χ4n) is 14.2. The Morgan fingerprint density at radius 3 is 1.42 bits per heavy atom. The van der Waals surface area contributed by atoms with Gasteiger partial charge >= 0.3 is 0 Å². The highest BCUT2D eigenvalue weighted by molar-refractivity contribution is 5.35. The molecule has 3 aliphatic rings. The van der Waals surface area contributed by atoms with Crippen LogP contribution in [0.3, 0.4) is 0 Å². The standard InChI is InChI=1S/C38H72/c1-23(2)31(12,13)35(20)28(7)29(8)38(24(3)22-37(35,38)30(9,10)11)34(18,19)36(21)27(6)25(4)26(5)32(14,15)33(36,16)17/h23-29H,22H2,1-21H3/t24-,25-,26+,27-,28+,29-,35?,36-,37-,38?/m1/s1. The van der Waals surface area contributed by atoms with Gasteiger partial charge in [0, 0.05) is 0 Å². The van der Waals surface area contributed by atoms with Gasteiger partial charge in [-0.05, 0) is 96.6 Å². The Hall–Kier alpha value is 0. The molecule has 0 spiro atoms. The van der Waals surface area contributed by atoms with Crippen LogP contribution in [0.15, 0.2) is 0 Å². The van der Waals surface area contributed by atoms with Gasteiger partial charge in [-0.1, -0.05) is 145 Å². The van der Waals surface area contributed by atoms with Crippen LogP contribution in [-0.2, 0) is 0 Å². The van der Waals surface area contributed by atoms with Gasteiger partial charge < -0.3 is 0 Å². The predicted octanol–water partition coefficient (Wildman–Crippen LogP) is 12.0. The van der Waals surface area contributed by atoms with Crippen LogP contribution in [0.25, 0.3) is 0 Å². The van der Waals surface area contributed by atoms with Crippen molar-refractivity contribution in [2.45, 2.75) is 152 Å². The lowest BCUT2D eigenvalue weighted by Crippen LogP contribution is -2.78. The Morgan fingerprint density at radius 2 is 1.05 bits per heavy atom. The Kier molecular flexibility index (Phi) is 7.10. The zero-order valence-corrected chi connectivity index (χ0v) is 30.2. The molecule has 3 rings (SSSR count). The number of hydrogen-bond donors (Lipinski definition) is 0. The van der Waals surface area contributed by atoms with E-state index in [-0.39, 0.29) is 48.7 Å². The molecule has 0 bridgehead atoms. The van der Waals surface area contributed by atoms with Crippen molar-refractivity contribution in [2.24, 2.45) is 90.2 Å². The third-order valence-corrected chi connectivity index (χ3v) is 18.3. The van der Waals surface area contributed by atoms with Gasteiger partial charge in [-0.15, -0.1) is 0 Å². The SMILES string of the molecule is CC(C)C(C)(C)C1(C)[C@@H](C)[C@@H](C)C2(C(C)(C)[C@]3(C)[C@H](C)[C@H](C)[C@H](C)C(C)(C)C3(C)C)[C@H](C)C[C@@]12C(C)(C)C. The van der Waals surface area contributed by atoms with Gasteiger partial charge in [0.2, 0.25) is 0 Å². The molecule has 0 radical (unpaired) electrons. The van der Waals surface area contributed by atoms with Gasteiger partial charge in [0.05, 0.1) is 0 Å². The maximum Gasteiger partial charge on any atom is -0.0117 e. The second-order valence-electron chi connectivity index (χ2n) is 19.4. The summed E-state index contributed by atoms with van der Waals surface area (Å²) in [5.41, 5.74) is 2.12. The van der Waals surface area contributed by atoms with Gasteiger partial charge in [0.15, 0.2) is 0 Å². The van der Waals surface area contributed by atoms with E-state index in [1.165, 1.54) is 6.42 Å². The summed E-state index contributed by atoms with van der Waals surface area (Å²) >= 11 is 0. The molecule has 3 fully saturated rings. The van der Waals surface area contributed by atoms with Crippen molar-refractivity contribution in [1.29, 1.82) is 0 Å². The summed E-state index contributed by atoms with van der Waals surface area (Å²) in [7, 11) is 0. The minimum Gasteiger partial charge on any atom is -0.0622 e. The summed E-state index contributed by atoms with van der Waals surface area (Å²) < 4.78 is 0. The van der Waals surface area contributed by atoms with Crippen LogP contribution in [0.2, 0.25) is 0 Å². The lowest BCUT2D eigenvalue weighted by molar-refractivity contribution is -0.357. The molecular formula is C38H72. The smallest absolute Gasteiger partial charge is 0.0117 e. The van der Waals surface area contributed by atoms with E-state index >= 15 is 0 Å². The first-order valence-corrected chi connectivity index (χ1v) is 16.6. The Labute approximate surface area is 241 Å². The second-order valence-corrected chi connectivity index (χ2v) is 19.4. The average Bonchev–Trinajstić information content (AvgIpc) is 2.89. The first kappa shape index (κ1) is 32.5. The number of rotatable bonds is 4. The number of hydrogen-bond acceptors (Lipinski definition) is 0. The highest BCUT2D eigenvalue weighted by Crippen LogP contribution is 2.93. The van der Waals surface area contributed by atoms with E-state index in [1.807, 2.05) is 0 Å². The van der Waals surface area contributed by atoms with Crippen molar-refractivity contribution >= 4 is 0 Å². The summed E-state index contributed by atoms with van der Waals surface area (Å²) in [5.74, 6) is 4.84. The largest absolute Gasteiger partial charge is 0.0622 e. The molecule has 0 heterocycles. The van der Waals surface area contributed by atoms with Crippen molar-refractivity contribution in [3.63, 3.8) is 0 Å². The first-order chi connectivity index (χ1) is 16.6. The van der Waals surface area contributed by atoms with E-state index in [0.29, 0.717) is 35.5 Å². The summed E-state index contributed by atoms with van der Waals surface area (Å²) in [6, 6.07) is 0. The van der Waals surface area contributed by atoms with Crippen LogP contribution in [-0.4, -0.2) is 0 Å². The molecule has 3 aliphatic carbocycles. The first-order valence-electron chi connectivity index (χ1n) is 16.6. The third-order valence-electron chi connectivity index (χ3n) is 18.3. The van der Waals surface area contributed by atoms with Crippen LogP contribution in [0.5, 0.6) is 0 Å². The summed E-state index contributed by atoms with van der Waals surface area (Å²) in [4.78, 5) is 0. The Bertz CT molecular complexity index is 922. The van der Waals surface area contributed by atoms with Gasteiger partial charge in [-0.3, -0.25) is 0 Å². The molecular weight excluding hydrogens is 456 g/mol. The molecule has 0 nitrogen and oxygen atoms in total. The molecule has 0 aromatic heterocycles. The summed E-state index contributed by atoms with van der Waals surface area (Å²) in [6.45, 7) is 55.8. The zero-order chi connectivity index (χ0) is 30.2. The fraction of sp³-hybridized carbons (Fsp3) is 1.00. The van der Waals surface area contributed by atoms with Crippen LogP contribution in [0.4, 0.5) is 0 Å². The fourth-order valence-corrected chi connectivity index (χ4v) is 14.2. The minimum atomic E-state index is 0.165. The van der Waals surface area contributed by atoms with E-state index in [9.17, 15) is 0 Å². The molecule has 38 heavy (non-hydrogen) atoms. The molecule has 0 aliphatic heterocycles. The van der Waals surface area contributed by atoms with E-state index < -0.39 is 0 Å². The quantitative estimate of drug-likeness (QED) is 0.340. The van der Waals surface area contributed by atoms with E-state index in [1.54, 1.807) is 0 Å². The minimum absolute atomic E-state index is 0.165. The van der Waals surface area contributed by atoms with Crippen molar-refractivity contribution < 1.29 is 0 Å². The van der Waals surface area contributed by atoms with Crippen molar-refractivity contribution in [1.82, 2.24) is 0 Å². The normalized spacial score (nSPS) is 49.1. The summed E-state index contributed by atoms with van der Waals surface area (Å²) in [6.07, 6.45) is 1.38. The Morgan fingerprint density at radius 1 is 0.605 bits per heavy atom. The highest BCUT2D eigenvalue weighted by atomic mass is 14.9. The molecule has 10 atom stereocenters. The third kappa shape index (κ3) is 2.82. The van der Waals surface area contributed by atoms with Gasteiger partial charge in [-0.25, -0.2) is 0 Å². The number of fused-ring (bicyclic) bond motifs is 1. The predicted molar refractivity (Wildman–Crippen MR) is 170 cm³/mol. The topological polar surface area (TPSA) is 0 Å². The molecule has 0 N–H and O–H groups in total. The van der Waals surface area contributed by atoms with E-state index in [4.69, 9.17) is 0 Å². The lowest BCUT2D eigenvalue weighted by Gasteiger charge is -2.83. The van der Waals surface area contributed by atoms with Gasteiger partial charge in [-0.2, -0.15) is 0 Å². The van der Waals surface area contributed by atoms with Crippen LogP contribution < -0.4 is 0 Å². The highest BCUT2D eigenvalue weighted by Gasteiger charge is 2.88. The molecule has 3 saturated carbocycles. The molecule has 0 saturated heterocycles. The van der Waals surface area contributed by atoms with Crippen LogP contribution >= 0.6 is 0 Å². The van der Waals surface area contributed by atoms with Crippen LogP contribution in [0.1, 0.15) is 152 Å². The maximum absolute atomic E-state index is 2.79. The zero-order valence-electron chi connectivity index (χ0n) is 30.2. The summed E-state index contributed by atoms with van der Waals surface area (Å²) in [5, 5.41) is 0. The molecule has 0 aromatic carbocycles. The molecule has 0 heteroatoms. The monoisotopic (exact) mass is 529 g/mol. The van der Waals surface area contributed by atoms with Crippen LogP contribution in [0, 0.1) is 90.2 Å². The molecule has 0 amide bonds. The molecule has 0 aromatic rings. The lowest BCUT2D eigenvalue weighted by atomic mass is 9.21. The average molecular weight is 529 g/mol. The van der Waals surface area contributed by atoms with Gasteiger partial charge in [0.25, 0.3) is 0 Å². The Balaban J connectivity index is 2.52. The van der Waals surface area contributed by atoms with Crippen molar-refractivity contribution in [3.8, 4) is 0 Å². The van der Waals surface area contributed by atoms with E-state index in [0.717, 1.165) is 5.92 Å². The van der Waals surface area contributed by atoms with E-state index in [2.05, 4.69) is 145 Å². The van der Waals surface area contributed by atoms with Gasteiger partial charge in [0.1, 0.15) is 0 Å². The van der Waals surface area contributed by atoms with Crippen molar-refractivity contribution in [2.75, 3.05) is 0 Å². The molecule has 224 valence electrons. The second kappa shape index (κ2) is 8.30. The van der Waals surface area contributed by atoms with Crippen molar-refractivity contribution in [3.05, 3.63) is 0 Å².